The van der Waals surface area contributed by atoms with Crippen LogP contribution in [0.1, 0.15) is 6.92 Å². The molecule has 0 aromatic heterocycles. The molecule has 2 N–H and O–H groups in total. The Kier molecular flexibility index (Phi) is 6.81. The first kappa shape index (κ1) is 21.2. The Labute approximate surface area is 165 Å². The largest absolute Gasteiger partial charge is 0.480 e. The quantitative estimate of drug-likeness (QED) is 0.117. The van der Waals surface area contributed by atoms with Crippen molar-refractivity contribution in [3.8, 4) is 0 Å². The monoisotopic (exact) mass is 465 g/mol. The Morgan fingerprint density at radius 3 is 2.59 bits per heavy atom. The van der Waals surface area contributed by atoms with Crippen molar-refractivity contribution >= 4 is 62.9 Å². The number of carbonyl (C=O) groups is 5. The number of fused-ring (bicyclic) bond motifs is 1. The molecule has 2 heterocycles. The number of nitrogens with zero attached hydrogens (tertiary/aromatic N) is 2. The number of nitrogens with one attached hydrogen (secondary N) is 1. The maximum Gasteiger partial charge on any atom is 0.330 e. The van der Waals surface area contributed by atoms with Gasteiger partial charge in [0.05, 0.1) is 5.33 Å². The van der Waals surface area contributed by atoms with Crippen molar-refractivity contribution in [3.05, 3.63) is 0 Å². The highest BCUT2D eigenvalue weighted by molar-refractivity contribution is 9.09. The van der Waals surface area contributed by atoms with Crippen LogP contribution in [0.4, 0.5) is 0 Å². The van der Waals surface area contributed by atoms with Crippen LogP contribution in [0.2, 0.25) is 0 Å². The number of amides is 2. The number of aliphatic carboxylic acids is 1. The molecule has 2 rings (SSSR count). The molecule has 0 aromatic rings. The van der Waals surface area contributed by atoms with Crippen molar-refractivity contribution in [1.82, 2.24) is 10.2 Å². The van der Waals surface area contributed by atoms with Crippen LogP contribution in [-0.4, -0.2) is 87.0 Å². The van der Waals surface area contributed by atoms with Crippen LogP contribution in [-0.2, 0) is 33.5 Å². The number of hydrogen-bond donors (Lipinski definition) is 2. The Hall–Kier alpha value is -2.15. The molecule has 13 heteroatoms. The molecule has 27 heavy (non-hydrogen) atoms. The summed E-state index contributed by atoms with van der Waals surface area (Å²) >= 11 is 4.08. The van der Waals surface area contributed by atoms with E-state index in [0.717, 1.165) is 30.7 Å². The first-order valence-corrected chi connectivity index (χ1v) is 9.74. The second-order valence-electron chi connectivity index (χ2n) is 5.53. The number of esters is 1. The lowest BCUT2D eigenvalue weighted by molar-refractivity contribution is -0.173. The summed E-state index contributed by atoms with van der Waals surface area (Å²) in [6.07, 6.45) is -0.998. The molecule has 2 fully saturated rings. The number of Topliss-reactive ketones (excluding diaryl/α,β-unsaturated/α-hetero) is 1. The van der Waals surface area contributed by atoms with Crippen molar-refractivity contribution in [1.29, 1.82) is 0 Å². The molecule has 0 saturated carbocycles. The van der Waals surface area contributed by atoms with E-state index in [9.17, 15) is 29.1 Å². The zero-order chi connectivity index (χ0) is 20.3. The number of oxime groups is 1. The van der Waals surface area contributed by atoms with Gasteiger partial charge in [-0.1, -0.05) is 21.1 Å². The second kappa shape index (κ2) is 8.69. The van der Waals surface area contributed by atoms with E-state index in [1.807, 2.05) is 0 Å². The lowest BCUT2D eigenvalue weighted by atomic mass is 9.99. The smallest absolute Gasteiger partial charge is 0.330 e. The van der Waals surface area contributed by atoms with Crippen LogP contribution >= 0.6 is 27.7 Å². The third-order valence-corrected chi connectivity index (χ3v) is 5.67. The van der Waals surface area contributed by atoms with Gasteiger partial charge in [0.15, 0.2) is 6.04 Å². The van der Waals surface area contributed by atoms with E-state index in [-0.39, 0.29) is 11.1 Å². The van der Waals surface area contributed by atoms with E-state index in [0.29, 0.717) is 0 Å². The summed E-state index contributed by atoms with van der Waals surface area (Å²) in [5.74, 6) is -4.05. The fourth-order valence-electron chi connectivity index (χ4n) is 2.73. The number of thioether (sulfide) groups is 1. The molecule has 0 bridgehead atoms. The van der Waals surface area contributed by atoms with Crippen molar-refractivity contribution in [3.63, 3.8) is 0 Å². The van der Waals surface area contributed by atoms with Gasteiger partial charge < -0.3 is 24.9 Å². The number of ketones is 1. The molecule has 2 aliphatic rings. The molecule has 2 aliphatic heterocycles. The Bertz CT molecular complexity index is 714. The second-order valence-corrected chi connectivity index (χ2v) is 7.24. The summed E-state index contributed by atoms with van der Waals surface area (Å²) in [7, 11) is 1.16. The Balaban J connectivity index is 2.14. The van der Waals surface area contributed by atoms with Gasteiger partial charge in [-0.2, -0.15) is 0 Å². The lowest BCUT2D eigenvalue weighted by Crippen LogP contribution is -2.77. The lowest BCUT2D eigenvalue weighted by Gasteiger charge is -2.53. The third-order valence-electron chi connectivity index (χ3n) is 3.80. The summed E-state index contributed by atoms with van der Waals surface area (Å²) in [5, 5.41) is 14.3. The zero-order valence-electron chi connectivity index (χ0n) is 14.2. The summed E-state index contributed by atoms with van der Waals surface area (Å²) in [5.41, 5.74) is -0.519. The average Bonchev–Trinajstić information content (AvgIpc) is 2.62. The molecule has 0 radical (unpaired) electrons. The van der Waals surface area contributed by atoms with E-state index < -0.39 is 58.8 Å². The molecule has 3 unspecified atom stereocenters. The number of hydrogen-bond acceptors (Lipinski definition) is 9. The molecule has 0 aromatic carbocycles. The standard InChI is InChI=1S/C14H16BrN3O8S/c1-5(19)26-7-4-27-13-9(12(22)18(13)10(7)14(23)24)16-11(21)8(17-25-2)6(20)3-15/h7,9-10,13H,3-4H2,1-2H3,(H,16,21)(H,23,24)/t7?,9?,10?,13-/m0/s1. The highest BCUT2D eigenvalue weighted by atomic mass is 79.9. The highest BCUT2D eigenvalue weighted by Gasteiger charge is 2.59. The highest BCUT2D eigenvalue weighted by Crippen LogP contribution is 2.39. The molecule has 0 aliphatic carbocycles. The molecule has 2 saturated heterocycles. The normalized spacial score (nSPS) is 27.1. The molecular formula is C14H16BrN3O8S. The molecular weight excluding hydrogens is 450 g/mol. The zero-order valence-corrected chi connectivity index (χ0v) is 16.6. The fraction of sp³-hybridized carbons (Fsp3) is 0.571. The molecule has 11 nitrogen and oxygen atoms in total. The Morgan fingerprint density at radius 1 is 1.41 bits per heavy atom. The van der Waals surface area contributed by atoms with Crippen LogP contribution in [0.25, 0.3) is 0 Å². The number of halogens is 1. The van der Waals surface area contributed by atoms with Crippen LogP contribution in [0.5, 0.6) is 0 Å². The van der Waals surface area contributed by atoms with Crippen LogP contribution < -0.4 is 5.32 Å². The number of carboxylic acids is 1. The first-order chi connectivity index (χ1) is 12.7. The van der Waals surface area contributed by atoms with E-state index in [4.69, 9.17) is 4.74 Å². The number of β-lactam (4-membered cyclic amide) rings is 1. The van der Waals surface area contributed by atoms with Crippen molar-refractivity contribution in [2.75, 3.05) is 18.2 Å². The van der Waals surface area contributed by atoms with Gasteiger partial charge in [0.2, 0.25) is 17.4 Å². The minimum absolute atomic E-state index is 0.136. The van der Waals surface area contributed by atoms with Crippen molar-refractivity contribution < 1.29 is 38.7 Å². The van der Waals surface area contributed by atoms with Crippen molar-refractivity contribution in [2.45, 2.75) is 30.5 Å². The molecule has 0 spiro atoms. The topological polar surface area (TPSA) is 152 Å². The van der Waals surface area contributed by atoms with E-state index in [1.165, 1.54) is 0 Å². The molecule has 4 atom stereocenters. The summed E-state index contributed by atoms with van der Waals surface area (Å²) in [6, 6.07) is -2.38. The predicted octanol–water partition coefficient (Wildman–Crippen LogP) is -1.26. The van der Waals surface area contributed by atoms with Crippen molar-refractivity contribution in [2.24, 2.45) is 5.16 Å². The summed E-state index contributed by atoms with van der Waals surface area (Å²) < 4.78 is 4.99. The average molecular weight is 466 g/mol. The maximum atomic E-state index is 12.4. The van der Waals surface area contributed by atoms with Gasteiger partial charge in [0, 0.05) is 12.7 Å². The summed E-state index contributed by atoms with van der Waals surface area (Å²) in [6.45, 7) is 1.15. The number of ether oxygens (including phenoxy) is 1. The van der Waals surface area contributed by atoms with Crippen LogP contribution in [0.3, 0.4) is 0 Å². The van der Waals surface area contributed by atoms with Gasteiger partial charge in [-0.25, -0.2) is 4.79 Å². The molecule has 2 amide bonds. The first-order valence-electron chi connectivity index (χ1n) is 7.57. The third kappa shape index (κ3) is 4.24. The van der Waals surface area contributed by atoms with E-state index >= 15 is 0 Å². The Morgan fingerprint density at radius 2 is 2.07 bits per heavy atom. The van der Waals surface area contributed by atoms with Gasteiger partial charge in [0.1, 0.15) is 24.6 Å². The van der Waals surface area contributed by atoms with Gasteiger partial charge >= 0.3 is 11.9 Å². The summed E-state index contributed by atoms with van der Waals surface area (Å²) in [4.78, 5) is 64.7. The number of carbonyl (C=O) groups excluding carboxylic acids is 4. The minimum Gasteiger partial charge on any atom is -0.480 e. The number of alkyl halides is 1. The molecule has 148 valence electrons. The fourth-order valence-corrected chi connectivity index (χ4v) is 4.40. The van der Waals surface area contributed by atoms with Crippen LogP contribution in [0, 0.1) is 0 Å². The SMILES string of the molecule is CON=C(C(=O)CBr)C(=O)NC1C(=O)N2C(C(=O)O)C(OC(C)=O)CS[C@@H]12. The van der Waals surface area contributed by atoms with E-state index in [2.05, 4.69) is 31.2 Å². The number of carboxylic acid groups (broad SMARTS) is 1. The minimum atomic E-state index is -1.35. The van der Waals surface area contributed by atoms with Crippen LogP contribution in [0.15, 0.2) is 5.16 Å². The van der Waals surface area contributed by atoms with Gasteiger partial charge in [-0.15, -0.1) is 11.8 Å². The maximum absolute atomic E-state index is 12.4. The van der Waals surface area contributed by atoms with Gasteiger partial charge in [0.25, 0.3) is 5.91 Å². The van der Waals surface area contributed by atoms with E-state index in [1.54, 1.807) is 0 Å². The number of rotatable bonds is 7. The predicted molar refractivity (Wildman–Crippen MR) is 95.2 cm³/mol. The van der Waals surface area contributed by atoms with Gasteiger partial charge in [-0.3, -0.25) is 19.2 Å². The van der Waals surface area contributed by atoms with Gasteiger partial charge in [-0.05, 0) is 0 Å².